The predicted molar refractivity (Wildman–Crippen MR) is 92.7 cm³/mol. The lowest BCUT2D eigenvalue weighted by Gasteiger charge is -2.32. The predicted octanol–water partition coefficient (Wildman–Crippen LogP) is -1.35. The summed E-state index contributed by atoms with van der Waals surface area (Å²) in [7, 11) is 1.43. The van der Waals surface area contributed by atoms with Crippen molar-refractivity contribution in [2.45, 2.75) is 0 Å². The molecule has 8 heteroatoms. The second kappa shape index (κ2) is 8.79. The first kappa shape index (κ1) is 18.4. The monoisotopic (exact) mass is 397 g/mol. The zero-order chi connectivity index (χ0) is 17.5. The highest BCUT2D eigenvalue weighted by Crippen LogP contribution is 2.17. The van der Waals surface area contributed by atoms with Gasteiger partial charge in [0.2, 0.25) is 0 Å². The number of nitrogens with one attached hydrogen (secondary N) is 3. The Kier molecular flexibility index (Phi) is 6.74. The Labute approximate surface area is 149 Å². The van der Waals surface area contributed by atoms with Gasteiger partial charge in [-0.1, -0.05) is 12.1 Å². The van der Waals surface area contributed by atoms with E-state index in [2.05, 4.69) is 26.6 Å². The normalized spacial score (nSPS) is 15.0. The van der Waals surface area contributed by atoms with Crippen molar-refractivity contribution in [3.8, 4) is 0 Å². The van der Waals surface area contributed by atoms with Gasteiger partial charge in [0.15, 0.2) is 0 Å². The van der Waals surface area contributed by atoms with Crippen molar-refractivity contribution >= 4 is 33.7 Å². The first-order chi connectivity index (χ1) is 11.5. The van der Waals surface area contributed by atoms with E-state index in [4.69, 9.17) is 0 Å². The second-order valence-electron chi connectivity index (χ2n) is 5.61. The van der Waals surface area contributed by atoms with Gasteiger partial charge >= 0.3 is 11.8 Å². The maximum atomic E-state index is 12.5. The van der Waals surface area contributed by atoms with Gasteiger partial charge in [-0.15, -0.1) is 0 Å². The molecule has 0 aromatic heterocycles. The van der Waals surface area contributed by atoms with E-state index in [1.54, 1.807) is 0 Å². The van der Waals surface area contributed by atoms with Crippen molar-refractivity contribution < 1.29 is 19.3 Å². The van der Waals surface area contributed by atoms with Crippen LogP contribution >= 0.6 is 15.9 Å². The minimum Gasteiger partial charge on any atom is -0.351 e. The van der Waals surface area contributed by atoms with Gasteiger partial charge in [0.05, 0.1) is 44.8 Å². The van der Waals surface area contributed by atoms with Gasteiger partial charge in [0, 0.05) is 11.5 Å². The molecule has 0 radical (unpaired) electrons. The van der Waals surface area contributed by atoms with Gasteiger partial charge in [-0.05, 0) is 28.1 Å². The minimum absolute atomic E-state index is 0.0365. The molecule has 1 saturated heterocycles. The molecular formula is C16H22BrN4O3+. The zero-order valence-electron chi connectivity index (χ0n) is 13.6. The largest absolute Gasteiger partial charge is 0.351 e. The number of amides is 3. The molecule has 0 saturated carbocycles. The molecule has 1 aromatic rings. The van der Waals surface area contributed by atoms with E-state index < -0.39 is 11.8 Å². The van der Waals surface area contributed by atoms with Crippen molar-refractivity contribution in [2.75, 3.05) is 46.3 Å². The molecule has 24 heavy (non-hydrogen) atoms. The number of carbonyl (C=O) groups is 3. The van der Waals surface area contributed by atoms with Crippen LogP contribution in [0.4, 0.5) is 0 Å². The fraction of sp³-hybridized carbons (Fsp3) is 0.438. The highest BCUT2D eigenvalue weighted by Gasteiger charge is 2.25. The van der Waals surface area contributed by atoms with Crippen LogP contribution in [-0.4, -0.2) is 68.9 Å². The number of hydrogen-bond acceptors (Lipinski definition) is 3. The number of carbonyl (C=O) groups excluding carboxylic acids is 3. The topological polar surface area (TPSA) is 82.9 Å². The van der Waals surface area contributed by atoms with Crippen LogP contribution in [0.15, 0.2) is 28.7 Å². The molecule has 0 spiro atoms. The summed E-state index contributed by atoms with van der Waals surface area (Å²) >= 11 is 3.42. The third-order valence-electron chi connectivity index (χ3n) is 4.06. The highest BCUT2D eigenvalue weighted by atomic mass is 79.9. The highest BCUT2D eigenvalue weighted by molar-refractivity contribution is 9.10. The van der Waals surface area contributed by atoms with E-state index in [0.29, 0.717) is 25.2 Å². The second-order valence-corrected chi connectivity index (χ2v) is 6.46. The van der Waals surface area contributed by atoms with Crippen molar-refractivity contribution in [3.05, 3.63) is 34.3 Å². The average Bonchev–Trinajstić information content (AvgIpc) is 2.61. The van der Waals surface area contributed by atoms with Gasteiger partial charge in [-0.25, -0.2) is 0 Å². The molecule has 1 aliphatic rings. The first-order valence-electron chi connectivity index (χ1n) is 7.90. The Morgan fingerprint density at radius 3 is 2.46 bits per heavy atom. The van der Waals surface area contributed by atoms with Crippen LogP contribution in [0.3, 0.4) is 0 Å². The van der Waals surface area contributed by atoms with Gasteiger partial charge in [-0.2, -0.15) is 0 Å². The van der Waals surface area contributed by atoms with E-state index in [-0.39, 0.29) is 5.91 Å². The van der Waals surface area contributed by atoms with E-state index >= 15 is 0 Å². The Morgan fingerprint density at radius 2 is 1.83 bits per heavy atom. The number of benzene rings is 1. The van der Waals surface area contributed by atoms with Gasteiger partial charge < -0.3 is 20.4 Å². The lowest BCUT2D eigenvalue weighted by molar-refractivity contribution is -0.902. The molecule has 3 amide bonds. The summed E-state index contributed by atoms with van der Waals surface area (Å²) in [4.78, 5) is 38.1. The maximum Gasteiger partial charge on any atom is 0.309 e. The van der Waals surface area contributed by atoms with Crippen molar-refractivity contribution in [1.29, 1.82) is 0 Å². The standard InChI is InChI=1S/C16H21BrN4O3/c1-18-14(22)15(23)19-6-7-20-8-10-21(11-9-20)16(24)12-4-2-3-5-13(12)17/h2-5H,6-11H2,1H3,(H,18,22)(H,19,23)/p+1. The molecule has 0 bridgehead atoms. The third kappa shape index (κ3) is 4.78. The zero-order valence-corrected chi connectivity index (χ0v) is 15.2. The Bertz CT molecular complexity index is 615. The molecule has 0 atom stereocenters. The first-order valence-corrected chi connectivity index (χ1v) is 8.69. The van der Waals surface area contributed by atoms with Crippen LogP contribution < -0.4 is 15.5 Å². The van der Waals surface area contributed by atoms with E-state index in [1.165, 1.54) is 11.9 Å². The van der Waals surface area contributed by atoms with Gasteiger partial charge in [0.1, 0.15) is 0 Å². The summed E-state index contributed by atoms with van der Waals surface area (Å²) in [5.41, 5.74) is 0.679. The summed E-state index contributed by atoms with van der Waals surface area (Å²) < 4.78 is 0.807. The minimum atomic E-state index is -0.631. The molecule has 1 aromatic carbocycles. The van der Waals surface area contributed by atoms with Crippen molar-refractivity contribution in [1.82, 2.24) is 15.5 Å². The number of piperazine rings is 1. The molecule has 1 aliphatic heterocycles. The fourth-order valence-corrected chi connectivity index (χ4v) is 3.08. The molecular weight excluding hydrogens is 376 g/mol. The summed E-state index contributed by atoms with van der Waals surface area (Å²) in [6.45, 7) is 4.19. The molecule has 2 rings (SSSR count). The summed E-state index contributed by atoms with van der Waals surface area (Å²) in [6, 6.07) is 7.43. The molecule has 0 unspecified atom stereocenters. The van der Waals surface area contributed by atoms with Crippen LogP contribution in [0.25, 0.3) is 0 Å². The number of rotatable bonds is 4. The Morgan fingerprint density at radius 1 is 1.17 bits per heavy atom. The third-order valence-corrected chi connectivity index (χ3v) is 4.75. The lowest BCUT2D eigenvalue weighted by Crippen LogP contribution is -3.15. The summed E-state index contributed by atoms with van der Waals surface area (Å²) in [5.74, 6) is -1.21. The number of hydrogen-bond donors (Lipinski definition) is 3. The number of quaternary nitrogens is 1. The molecule has 130 valence electrons. The van der Waals surface area contributed by atoms with E-state index in [1.807, 2.05) is 29.2 Å². The van der Waals surface area contributed by atoms with Crippen molar-refractivity contribution in [3.63, 3.8) is 0 Å². The van der Waals surface area contributed by atoms with Crippen LogP contribution in [-0.2, 0) is 9.59 Å². The quantitative estimate of drug-likeness (QED) is 0.549. The van der Waals surface area contributed by atoms with E-state index in [9.17, 15) is 14.4 Å². The van der Waals surface area contributed by atoms with Crippen LogP contribution in [0.1, 0.15) is 10.4 Å². The maximum absolute atomic E-state index is 12.5. The molecule has 1 fully saturated rings. The Balaban J connectivity index is 1.75. The molecule has 7 nitrogen and oxygen atoms in total. The van der Waals surface area contributed by atoms with Crippen LogP contribution in [0, 0.1) is 0 Å². The summed E-state index contributed by atoms with van der Waals surface area (Å²) in [5, 5.41) is 4.88. The number of likely N-dealkylation sites (N-methyl/N-ethyl adjacent to an activating group) is 1. The summed E-state index contributed by atoms with van der Waals surface area (Å²) in [6.07, 6.45) is 0. The molecule has 0 aliphatic carbocycles. The SMILES string of the molecule is CNC(=O)C(=O)NCC[NH+]1CCN(C(=O)c2ccccc2Br)CC1. The van der Waals surface area contributed by atoms with Crippen molar-refractivity contribution in [2.24, 2.45) is 0 Å². The smallest absolute Gasteiger partial charge is 0.309 e. The van der Waals surface area contributed by atoms with Gasteiger partial charge in [-0.3, -0.25) is 14.4 Å². The lowest BCUT2D eigenvalue weighted by atomic mass is 10.2. The average molecular weight is 398 g/mol. The molecule has 3 N–H and O–H groups in total. The number of nitrogens with zero attached hydrogens (tertiary/aromatic N) is 1. The molecule has 1 heterocycles. The Hall–Kier alpha value is -1.93. The van der Waals surface area contributed by atoms with Gasteiger partial charge in [0.25, 0.3) is 5.91 Å². The number of halogens is 1. The fourth-order valence-electron chi connectivity index (χ4n) is 2.63. The van der Waals surface area contributed by atoms with E-state index in [0.717, 1.165) is 24.1 Å². The van der Waals surface area contributed by atoms with Crippen LogP contribution in [0.5, 0.6) is 0 Å². The van der Waals surface area contributed by atoms with Crippen LogP contribution in [0.2, 0.25) is 0 Å².